The van der Waals surface area contributed by atoms with Crippen LogP contribution >= 0.6 is 23.8 Å². The van der Waals surface area contributed by atoms with Gasteiger partial charge in [0.05, 0.1) is 0 Å². The largest absolute Gasteiger partial charge is 0.368 e. The zero-order valence-electron chi connectivity index (χ0n) is 11.7. The van der Waals surface area contributed by atoms with Crippen molar-refractivity contribution in [1.82, 2.24) is 10.2 Å². The first-order chi connectivity index (χ1) is 9.56. The van der Waals surface area contributed by atoms with Crippen molar-refractivity contribution in [1.29, 1.82) is 0 Å². The average molecular weight is 310 g/mol. The summed E-state index contributed by atoms with van der Waals surface area (Å²) in [6, 6.07) is 8.00. The number of nitrogens with one attached hydrogen (secondary N) is 1. The van der Waals surface area contributed by atoms with Crippen molar-refractivity contribution in [2.75, 3.05) is 37.6 Å². The average Bonchev–Trinajstić information content (AvgIpc) is 2.45. The maximum Gasteiger partial charge on any atom is 0.169 e. The second kappa shape index (κ2) is 6.95. The lowest BCUT2D eigenvalue weighted by Gasteiger charge is -2.37. The molecule has 2 rings (SSSR count). The number of halogens is 1. The van der Waals surface area contributed by atoms with Crippen LogP contribution in [-0.4, -0.2) is 42.7 Å². The van der Waals surface area contributed by atoms with E-state index in [4.69, 9.17) is 23.8 Å². The minimum absolute atomic E-state index is 0.743. The summed E-state index contributed by atoms with van der Waals surface area (Å²) in [6.45, 7) is 10.4. The number of nitrogens with zero attached hydrogens (tertiary/aromatic N) is 2. The molecule has 0 unspecified atom stereocenters. The van der Waals surface area contributed by atoms with Gasteiger partial charge in [0.2, 0.25) is 0 Å². The fraction of sp³-hybridized carbons (Fsp3) is 0.400. The normalized spacial score (nSPS) is 15.1. The fourth-order valence-electron chi connectivity index (χ4n) is 2.18. The summed E-state index contributed by atoms with van der Waals surface area (Å²) in [4.78, 5) is 4.54. The Balaban J connectivity index is 1.86. The number of anilines is 1. The number of rotatable bonds is 3. The third-order valence-corrected chi connectivity index (χ3v) is 3.92. The van der Waals surface area contributed by atoms with Crippen LogP contribution in [0.5, 0.6) is 0 Å². The van der Waals surface area contributed by atoms with E-state index in [2.05, 4.69) is 27.8 Å². The van der Waals surface area contributed by atoms with Crippen LogP contribution in [0.25, 0.3) is 0 Å². The Bertz CT molecular complexity index is 496. The van der Waals surface area contributed by atoms with Crippen molar-refractivity contribution in [3.05, 3.63) is 41.4 Å². The molecule has 1 aromatic rings. The van der Waals surface area contributed by atoms with Gasteiger partial charge in [-0.3, -0.25) is 0 Å². The Kier molecular flexibility index (Phi) is 5.26. The van der Waals surface area contributed by atoms with E-state index >= 15 is 0 Å². The topological polar surface area (TPSA) is 18.5 Å². The van der Waals surface area contributed by atoms with Crippen LogP contribution in [0.4, 0.5) is 5.69 Å². The van der Waals surface area contributed by atoms with Crippen LogP contribution in [0.1, 0.15) is 6.92 Å². The summed E-state index contributed by atoms with van der Waals surface area (Å²) in [7, 11) is 0. The van der Waals surface area contributed by atoms with Crippen LogP contribution in [-0.2, 0) is 0 Å². The quantitative estimate of drug-likeness (QED) is 0.683. The molecule has 0 spiro atoms. The van der Waals surface area contributed by atoms with E-state index in [0.29, 0.717) is 0 Å². The predicted octanol–water partition coefficient (Wildman–Crippen LogP) is 2.91. The molecule has 1 aliphatic heterocycles. The van der Waals surface area contributed by atoms with Crippen molar-refractivity contribution in [2.45, 2.75) is 6.92 Å². The lowest BCUT2D eigenvalue weighted by Crippen LogP contribution is -2.51. The highest BCUT2D eigenvalue weighted by atomic mass is 35.5. The van der Waals surface area contributed by atoms with Crippen molar-refractivity contribution >= 4 is 34.6 Å². The number of thiocarbonyl (C=S) groups is 1. The zero-order valence-corrected chi connectivity index (χ0v) is 13.3. The summed E-state index contributed by atoms with van der Waals surface area (Å²) in [5.74, 6) is 0. The lowest BCUT2D eigenvalue weighted by molar-refractivity contribution is 0.381. The van der Waals surface area contributed by atoms with Gasteiger partial charge in [0.25, 0.3) is 0 Å². The molecule has 0 aliphatic carbocycles. The molecule has 0 bridgehead atoms. The molecule has 0 radical (unpaired) electrons. The Morgan fingerprint density at radius 1 is 1.35 bits per heavy atom. The van der Waals surface area contributed by atoms with Gasteiger partial charge >= 0.3 is 0 Å². The van der Waals surface area contributed by atoms with E-state index in [9.17, 15) is 0 Å². The molecule has 3 nitrogen and oxygen atoms in total. The molecule has 5 heteroatoms. The Hall–Kier alpha value is -1.26. The van der Waals surface area contributed by atoms with E-state index < -0.39 is 0 Å². The Morgan fingerprint density at radius 3 is 2.65 bits per heavy atom. The van der Waals surface area contributed by atoms with Crippen molar-refractivity contribution in [3.63, 3.8) is 0 Å². The molecule has 1 aliphatic rings. The van der Waals surface area contributed by atoms with Crippen LogP contribution in [0, 0.1) is 0 Å². The summed E-state index contributed by atoms with van der Waals surface area (Å²) >= 11 is 11.4. The second-order valence-electron chi connectivity index (χ2n) is 5.07. The first kappa shape index (κ1) is 15.1. The van der Waals surface area contributed by atoms with Crippen molar-refractivity contribution < 1.29 is 0 Å². The highest BCUT2D eigenvalue weighted by Gasteiger charge is 2.18. The van der Waals surface area contributed by atoms with Gasteiger partial charge in [-0.25, -0.2) is 0 Å². The number of hydrogen-bond acceptors (Lipinski definition) is 2. The molecule has 20 heavy (non-hydrogen) atoms. The number of piperazine rings is 1. The molecule has 0 amide bonds. The van der Waals surface area contributed by atoms with Crippen LogP contribution in [0.2, 0.25) is 5.02 Å². The van der Waals surface area contributed by atoms with Crippen LogP contribution in [0.3, 0.4) is 0 Å². The summed E-state index contributed by atoms with van der Waals surface area (Å²) in [5, 5.41) is 4.83. The van der Waals surface area contributed by atoms with Crippen LogP contribution < -0.4 is 10.2 Å². The monoisotopic (exact) mass is 309 g/mol. The highest BCUT2D eigenvalue weighted by molar-refractivity contribution is 7.80. The molecular weight excluding hydrogens is 290 g/mol. The SMILES string of the molecule is C=C(C)CNC(=S)N1CCN(c2cccc(Cl)c2)CC1. The first-order valence-corrected chi connectivity index (χ1v) is 7.52. The minimum Gasteiger partial charge on any atom is -0.368 e. The fourth-order valence-corrected chi connectivity index (χ4v) is 2.62. The molecular formula is C15H20ClN3S. The number of benzene rings is 1. The molecule has 1 saturated heterocycles. The van der Waals surface area contributed by atoms with Gasteiger partial charge in [-0.15, -0.1) is 0 Å². The molecule has 1 aromatic carbocycles. The molecule has 1 fully saturated rings. The Morgan fingerprint density at radius 2 is 2.05 bits per heavy atom. The summed E-state index contributed by atoms with van der Waals surface area (Å²) in [6.07, 6.45) is 0. The molecule has 0 saturated carbocycles. The third kappa shape index (κ3) is 4.12. The van der Waals surface area contributed by atoms with E-state index in [1.165, 1.54) is 5.69 Å². The van der Waals surface area contributed by atoms with Crippen LogP contribution in [0.15, 0.2) is 36.4 Å². The highest BCUT2D eigenvalue weighted by Crippen LogP contribution is 2.20. The van der Waals surface area contributed by atoms with Gasteiger partial charge in [-0.05, 0) is 37.3 Å². The summed E-state index contributed by atoms with van der Waals surface area (Å²) < 4.78 is 0. The predicted molar refractivity (Wildman–Crippen MR) is 90.7 cm³/mol. The minimum atomic E-state index is 0.743. The van der Waals surface area contributed by atoms with E-state index in [1.54, 1.807) is 0 Å². The van der Waals surface area contributed by atoms with Crippen molar-refractivity contribution in [3.8, 4) is 0 Å². The van der Waals surface area contributed by atoms with Gasteiger partial charge in [0, 0.05) is 43.4 Å². The zero-order chi connectivity index (χ0) is 14.5. The van der Waals surface area contributed by atoms with E-state index in [-0.39, 0.29) is 0 Å². The molecule has 1 N–H and O–H groups in total. The maximum atomic E-state index is 6.04. The van der Waals surface area contributed by atoms with Gasteiger partial charge in [0.15, 0.2) is 5.11 Å². The summed E-state index contributed by atoms with van der Waals surface area (Å²) in [5.41, 5.74) is 2.27. The molecule has 0 aromatic heterocycles. The molecule has 1 heterocycles. The smallest absolute Gasteiger partial charge is 0.169 e. The van der Waals surface area contributed by atoms with E-state index in [1.807, 2.05) is 25.1 Å². The van der Waals surface area contributed by atoms with Gasteiger partial charge < -0.3 is 15.1 Å². The van der Waals surface area contributed by atoms with Gasteiger partial charge in [-0.1, -0.05) is 29.8 Å². The first-order valence-electron chi connectivity index (χ1n) is 6.74. The van der Waals surface area contributed by atoms with Crippen molar-refractivity contribution in [2.24, 2.45) is 0 Å². The van der Waals surface area contributed by atoms with E-state index in [0.717, 1.165) is 48.4 Å². The lowest BCUT2D eigenvalue weighted by atomic mass is 10.2. The number of hydrogen-bond donors (Lipinski definition) is 1. The van der Waals surface area contributed by atoms with Gasteiger partial charge in [-0.2, -0.15) is 0 Å². The molecule has 108 valence electrons. The standard InChI is InChI=1S/C15H20ClN3S/c1-12(2)11-17-15(20)19-8-6-18(7-9-19)14-5-3-4-13(16)10-14/h3-5,10H,1,6-9,11H2,2H3,(H,17,20). The Labute approximate surface area is 131 Å². The molecule has 0 atom stereocenters. The maximum absolute atomic E-state index is 6.04. The van der Waals surface area contributed by atoms with Gasteiger partial charge in [0.1, 0.15) is 0 Å². The second-order valence-corrected chi connectivity index (χ2v) is 5.89. The third-order valence-electron chi connectivity index (χ3n) is 3.28.